The first-order valence-corrected chi connectivity index (χ1v) is 5.98. The van der Waals surface area contributed by atoms with E-state index < -0.39 is 17.7 Å². The molecule has 0 amide bonds. The SMILES string of the molecule is Cc1ccc(NC(C)c2cc(F)ccc2F)cc1O. The minimum Gasteiger partial charge on any atom is -0.508 e. The molecule has 0 bridgehead atoms. The monoisotopic (exact) mass is 263 g/mol. The van der Waals surface area contributed by atoms with E-state index in [-0.39, 0.29) is 11.3 Å². The van der Waals surface area contributed by atoms with Crippen LogP contribution in [0.5, 0.6) is 5.75 Å². The van der Waals surface area contributed by atoms with Gasteiger partial charge in [0.15, 0.2) is 0 Å². The summed E-state index contributed by atoms with van der Waals surface area (Å²) in [6, 6.07) is 8.05. The minimum absolute atomic E-state index is 0.164. The van der Waals surface area contributed by atoms with E-state index in [0.717, 1.165) is 17.7 Å². The number of hydrogen-bond donors (Lipinski definition) is 2. The second-order valence-electron chi connectivity index (χ2n) is 4.53. The Kier molecular flexibility index (Phi) is 3.69. The number of rotatable bonds is 3. The molecule has 2 nitrogen and oxygen atoms in total. The van der Waals surface area contributed by atoms with E-state index >= 15 is 0 Å². The maximum absolute atomic E-state index is 13.6. The van der Waals surface area contributed by atoms with Gasteiger partial charge < -0.3 is 10.4 Å². The van der Waals surface area contributed by atoms with Crippen molar-refractivity contribution in [3.63, 3.8) is 0 Å². The number of halogens is 2. The van der Waals surface area contributed by atoms with Crippen molar-refractivity contribution in [3.05, 3.63) is 59.2 Å². The Morgan fingerprint density at radius 3 is 2.53 bits per heavy atom. The highest BCUT2D eigenvalue weighted by molar-refractivity contribution is 5.52. The van der Waals surface area contributed by atoms with Crippen LogP contribution in [-0.2, 0) is 0 Å². The van der Waals surface area contributed by atoms with E-state index in [2.05, 4.69) is 5.32 Å². The lowest BCUT2D eigenvalue weighted by molar-refractivity contribution is 0.471. The fraction of sp³-hybridized carbons (Fsp3) is 0.200. The second-order valence-corrected chi connectivity index (χ2v) is 4.53. The van der Waals surface area contributed by atoms with Gasteiger partial charge in [-0.25, -0.2) is 8.78 Å². The van der Waals surface area contributed by atoms with Crippen molar-refractivity contribution >= 4 is 5.69 Å². The summed E-state index contributed by atoms with van der Waals surface area (Å²) in [6.07, 6.45) is 0. The predicted molar refractivity (Wildman–Crippen MR) is 71.2 cm³/mol. The summed E-state index contributed by atoms with van der Waals surface area (Å²) >= 11 is 0. The van der Waals surface area contributed by atoms with E-state index in [1.54, 1.807) is 32.0 Å². The van der Waals surface area contributed by atoms with Gasteiger partial charge in [-0.3, -0.25) is 0 Å². The van der Waals surface area contributed by atoms with E-state index in [1.165, 1.54) is 6.07 Å². The van der Waals surface area contributed by atoms with Crippen LogP contribution in [0.2, 0.25) is 0 Å². The van der Waals surface area contributed by atoms with Crippen LogP contribution in [0.3, 0.4) is 0 Å². The van der Waals surface area contributed by atoms with Gasteiger partial charge in [-0.2, -0.15) is 0 Å². The van der Waals surface area contributed by atoms with Gasteiger partial charge >= 0.3 is 0 Å². The van der Waals surface area contributed by atoms with Crippen molar-refractivity contribution < 1.29 is 13.9 Å². The number of anilines is 1. The zero-order valence-electron chi connectivity index (χ0n) is 10.7. The summed E-state index contributed by atoms with van der Waals surface area (Å²) in [5, 5.41) is 12.6. The van der Waals surface area contributed by atoms with Crippen molar-refractivity contribution in [1.29, 1.82) is 0 Å². The predicted octanol–water partition coefficient (Wildman–Crippen LogP) is 4.15. The Morgan fingerprint density at radius 1 is 1.11 bits per heavy atom. The number of nitrogens with one attached hydrogen (secondary N) is 1. The third-order valence-corrected chi connectivity index (χ3v) is 3.02. The van der Waals surface area contributed by atoms with Crippen molar-refractivity contribution in [3.8, 4) is 5.75 Å². The number of aromatic hydroxyl groups is 1. The third-order valence-electron chi connectivity index (χ3n) is 3.02. The molecular formula is C15H15F2NO. The van der Waals surface area contributed by atoms with Crippen molar-refractivity contribution in [2.24, 2.45) is 0 Å². The van der Waals surface area contributed by atoms with Crippen LogP contribution >= 0.6 is 0 Å². The summed E-state index contributed by atoms with van der Waals surface area (Å²) in [5.41, 5.74) is 1.66. The largest absolute Gasteiger partial charge is 0.508 e. The van der Waals surface area contributed by atoms with E-state index in [1.807, 2.05) is 0 Å². The number of phenolic OH excluding ortho intramolecular Hbond substituents is 1. The molecule has 1 unspecified atom stereocenters. The average Bonchev–Trinajstić information content (AvgIpc) is 2.36. The van der Waals surface area contributed by atoms with Gasteiger partial charge in [-0.05, 0) is 43.7 Å². The molecule has 2 rings (SSSR count). The Balaban J connectivity index is 2.22. The molecule has 2 N–H and O–H groups in total. The number of phenols is 1. The highest BCUT2D eigenvalue weighted by atomic mass is 19.1. The maximum Gasteiger partial charge on any atom is 0.128 e. The lowest BCUT2D eigenvalue weighted by Gasteiger charge is -2.17. The number of aryl methyl sites for hydroxylation is 1. The van der Waals surface area contributed by atoms with Gasteiger partial charge in [-0.15, -0.1) is 0 Å². The summed E-state index contributed by atoms with van der Waals surface area (Å²) in [5.74, 6) is -0.772. The van der Waals surface area contributed by atoms with E-state index in [9.17, 15) is 13.9 Å². The Labute approximate surface area is 110 Å². The van der Waals surface area contributed by atoms with Gasteiger partial charge in [-0.1, -0.05) is 6.07 Å². The molecule has 1 atom stereocenters. The number of hydrogen-bond acceptors (Lipinski definition) is 2. The van der Waals surface area contributed by atoms with Crippen LogP contribution in [-0.4, -0.2) is 5.11 Å². The van der Waals surface area contributed by atoms with Gasteiger partial charge in [0, 0.05) is 17.3 Å². The Hall–Kier alpha value is -2.10. The fourth-order valence-corrected chi connectivity index (χ4v) is 1.87. The first-order chi connectivity index (χ1) is 8.97. The molecule has 0 spiro atoms. The van der Waals surface area contributed by atoms with E-state index in [4.69, 9.17) is 0 Å². The summed E-state index contributed by atoms with van der Waals surface area (Å²) < 4.78 is 26.7. The maximum atomic E-state index is 13.6. The van der Waals surface area contributed by atoms with Gasteiger partial charge in [0.05, 0.1) is 6.04 Å². The van der Waals surface area contributed by atoms with Crippen LogP contribution < -0.4 is 5.32 Å². The molecule has 0 aliphatic heterocycles. The average molecular weight is 263 g/mol. The molecular weight excluding hydrogens is 248 g/mol. The first-order valence-electron chi connectivity index (χ1n) is 5.98. The quantitative estimate of drug-likeness (QED) is 0.871. The van der Waals surface area contributed by atoms with E-state index in [0.29, 0.717) is 5.69 Å². The molecule has 0 aliphatic rings. The Bertz CT molecular complexity index is 599. The molecule has 2 aromatic rings. The number of benzene rings is 2. The molecule has 0 saturated heterocycles. The zero-order valence-corrected chi connectivity index (χ0v) is 10.7. The standard InChI is InChI=1S/C15H15F2NO/c1-9-3-5-12(8-15(9)19)18-10(2)13-7-11(16)4-6-14(13)17/h3-8,10,18-19H,1-2H3. The van der Waals surface area contributed by atoms with Crippen LogP contribution in [0.15, 0.2) is 36.4 Å². The minimum atomic E-state index is -0.475. The molecule has 4 heteroatoms. The van der Waals surface area contributed by atoms with Crippen molar-refractivity contribution in [2.45, 2.75) is 19.9 Å². The molecule has 0 aliphatic carbocycles. The highest BCUT2D eigenvalue weighted by Crippen LogP contribution is 2.26. The normalized spacial score (nSPS) is 12.2. The summed E-state index contributed by atoms with van der Waals surface area (Å²) in [6.45, 7) is 3.52. The highest BCUT2D eigenvalue weighted by Gasteiger charge is 2.12. The molecule has 100 valence electrons. The second kappa shape index (κ2) is 5.26. The van der Waals surface area contributed by atoms with Crippen molar-refractivity contribution in [1.82, 2.24) is 0 Å². The Morgan fingerprint density at radius 2 is 1.84 bits per heavy atom. The third kappa shape index (κ3) is 3.02. The van der Waals surface area contributed by atoms with Crippen LogP contribution in [0.1, 0.15) is 24.1 Å². The molecule has 19 heavy (non-hydrogen) atoms. The van der Waals surface area contributed by atoms with Crippen LogP contribution in [0, 0.1) is 18.6 Å². The molecule has 0 radical (unpaired) electrons. The fourth-order valence-electron chi connectivity index (χ4n) is 1.87. The topological polar surface area (TPSA) is 32.3 Å². The summed E-state index contributed by atoms with van der Waals surface area (Å²) in [4.78, 5) is 0. The molecule has 0 aromatic heterocycles. The molecule has 0 heterocycles. The van der Waals surface area contributed by atoms with Gasteiger partial charge in [0.25, 0.3) is 0 Å². The zero-order chi connectivity index (χ0) is 14.0. The smallest absolute Gasteiger partial charge is 0.128 e. The first kappa shape index (κ1) is 13.3. The lowest BCUT2D eigenvalue weighted by atomic mass is 10.1. The van der Waals surface area contributed by atoms with Crippen LogP contribution in [0.25, 0.3) is 0 Å². The van der Waals surface area contributed by atoms with Gasteiger partial charge in [0.2, 0.25) is 0 Å². The molecule has 0 saturated carbocycles. The van der Waals surface area contributed by atoms with Gasteiger partial charge in [0.1, 0.15) is 17.4 Å². The lowest BCUT2D eigenvalue weighted by Crippen LogP contribution is -2.09. The molecule has 2 aromatic carbocycles. The van der Waals surface area contributed by atoms with Crippen LogP contribution in [0.4, 0.5) is 14.5 Å². The summed E-state index contributed by atoms with van der Waals surface area (Å²) in [7, 11) is 0. The van der Waals surface area contributed by atoms with Crippen molar-refractivity contribution in [2.75, 3.05) is 5.32 Å². The molecule has 0 fully saturated rings.